The molecule has 4 fully saturated rings. The number of aliphatic hydroxyl groups excluding tert-OH is 4. The zero-order valence-corrected chi connectivity index (χ0v) is 16.5. The summed E-state index contributed by atoms with van der Waals surface area (Å²) in [6.07, 6.45) is -5.27. The fraction of sp³-hybridized carbons (Fsp3) is 0.850. The molecule has 0 aromatic heterocycles. The van der Waals surface area contributed by atoms with Gasteiger partial charge in [-0.25, -0.2) is 4.79 Å². The van der Waals surface area contributed by atoms with Gasteiger partial charge >= 0.3 is 5.97 Å². The molecule has 2 bridgehead atoms. The van der Waals surface area contributed by atoms with Gasteiger partial charge in [0.25, 0.3) is 0 Å². The molecule has 5 aliphatic rings. The Hall–Kier alpha value is -1.07. The van der Waals surface area contributed by atoms with Gasteiger partial charge in [0.2, 0.25) is 0 Å². The second kappa shape index (κ2) is 5.40. The maximum atomic E-state index is 12.5. The normalized spacial score (nSPS) is 63.3. The van der Waals surface area contributed by atoms with Crippen LogP contribution in [0.25, 0.3) is 0 Å². The molecular formula is C20H28O9. The van der Waals surface area contributed by atoms with Crippen LogP contribution in [0.2, 0.25) is 0 Å². The van der Waals surface area contributed by atoms with Crippen molar-refractivity contribution in [2.45, 2.75) is 69.1 Å². The minimum absolute atomic E-state index is 0.224. The highest BCUT2D eigenvalue weighted by atomic mass is 16.7. The van der Waals surface area contributed by atoms with Gasteiger partial charge in [0.1, 0.15) is 17.8 Å². The molecule has 2 saturated carbocycles. The zero-order chi connectivity index (χ0) is 21.3. The molecule has 9 heteroatoms. The molecule has 6 N–H and O–H groups in total. The van der Waals surface area contributed by atoms with Crippen LogP contribution in [-0.2, 0) is 14.3 Å². The summed E-state index contributed by atoms with van der Waals surface area (Å²) in [6, 6.07) is 0. The minimum atomic E-state index is -2.15. The number of carbonyl (C=O) groups excluding carboxylic acids is 1. The Bertz CT molecular complexity index is 814. The van der Waals surface area contributed by atoms with E-state index in [9.17, 15) is 35.4 Å². The second-order valence-electron chi connectivity index (χ2n) is 9.90. The van der Waals surface area contributed by atoms with Crippen molar-refractivity contribution in [2.75, 3.05) is 6.61 Å². The second-order valence-corrected chi connectivity index (χ2v) is 9.90. The van der Waals surface area contributed by atoms with Crippen molar-refractivity contribution in [2.24, 2.45) is 28.6 Å². The standard InChI is InChI=1S/C20H28O9/c1-7-4-10(21)13(23)17(3)9(7)5-11-18-6-28-20(27,16(17)18)12(22)8(2)19(18,26)14(24)15(25)29-11/h4,8-14,16,21-24,26-27H,5-6H2,1-3H3/t8-,9-,10-,11+,12+,13+,14-,16+,17+,18+,19-,20-/m0/s1. The Kier molecular flexibility index (Phi) is 3.70. The molecule has 0 aromatic carbocycles. The monoisotopic (exact) mass is 412 g/mol. The Morgan fingerprint density at radius 2 is 1.79 bits per heavy atom. The Labute approximate surface area is 167 Å². The van der Waals surface area contributed by atoms with E-state index in [1.807, 2.05) is 0 Å². The van der Waals surface area contributed by atoms with Crippen molar-refractivity contribution in [1.82, 2.24) is 0 Å². The number of fused-ring (bicyclic) bond motifs is 1. The third-order valence-corrected chi connectivity index (χ3v) is 9.05. The van der Waals surface area contributed by atoms with E-state index in [0.717, 1.165) is 5.57 Å². The molecule has 5 rings (SSSR count). The molecule has 0 unspecified atom stereocenters. The summed E-state index contributed by atoms with van der Waals surface area (Å²) in [7, 11) is 0. The maximum absolute atomic E-state index is 12.5. The van der Waals surface area contributed by atoms with E-state index >= 15 is 0 Å². The number of carbonyl (C=O) groups is 1. The lowest BCUT2D eigenvalue weighted by Crippen LogP contribution is -2.84. The van der Waals surface area contributed by atoms with Gasteiger partial charge < -0.3 is 40.1 Å². The van der Waals surface area contributed by atoms with E-state index in [-0.39, 0.29) is 13.0 Å². The van der Waals surface area contributed by atoms with Crippen LogP contribution in [0.15, 0.2) is 11.6 Å². The van der Waals surface area contributed by atoms with Crippen molar-refractivity contribution in [3.05, 3.63) is 11.6 Å². The molecule has 2 heterocycles. The van der Waals surface area contributed by atoms with Crippen molar-refractivity contribution in [1.29, 1.82) is 0 Å². The van der Waals surface area contributed by atoms with E-state index in [1.54, 1.807) is 13.8 Å². The number of allylic oxidation sites excluding steroid dienone is 1. The van der Waals surface area contributed by atoms with Crippen LogP contribution in [0, 0.1) is 28.6 Å². The number of hydrogen-bond acceptors (Lipinski definition) is 9. The molecule has 2 saturated heterocycles. The number of aliphatic hydroxyl groups is 6. The van der Waals surface area contributed by atoms with Crippen LogP contribution in [0.1, 0.15) is 27.2 Å². The lowest BCUT2D eigenvalue weighted by molar-refractivity contribution is -0.379. The first-order chi connectivity index (χ1) is 13.4. The molecule has 12 atom stereocenters. The quantitative estimate of drug-likeness (QED) is 0.196. The van der Waals surface area contributed by atoms with Gasteiger partial charge in [0, 0.05) is 17.3 Å². The Morgan fingerprint density at radius 3 is 2.45 bits per heavy atom. The maximum Gasteiger partial charge on any atom is 0.338 e. The average Bonchev–Trinajstić information content (AvgIpc) is 2.98. The van der Waals surface area contributed by atoms with Crippen LogP contribution in [0.5, 0.6) is 0 Å². The first-order valence-corrected chi connectivity index (χ1v) is 10.1. The largest absolute Gasteiger partial charge is 0.460 e. The van der Waals surface area contributed by atoms with E-state index in [2.05, 4.69) is 0 Å². The van der Waals surface area contributed by atoms with Gasteiger partial charge in [-0.1, -0.05) is 25.5 Å². The van der Waals surface area contributed by atoms with Gasteiger partial charge in [-0.3, -0.25) is 0 Å². The van der Waals surface area contributed by atoms with Crippen LogP contribution >= 0.6 is 0 Å². The average molecular weight is 412 g/mol. The first-order valence-electron chi connectivity index (χ1n) is 10.1. The molecular weight excluding hydrogens is 384 g/mol. The fourth-order valence-corrected chi connectivity index (χ4v) is 7.75. The SMILES string of the molecule is CC1=C[C@H](O)[C@@H](O)[C@]2(C)[C@H]3[C@@]4(O)OC[C@@]35[C@@H](C[C@@H]12)OC(=O)[C@H](O)[C@@]5(O)[C@@H](C)[C@H]4O. The summed E-state index contributed by atoms with van der Waals surface area (Å²) in [6.45, 7) is 4.66. The summed E-state index contributed by atoms with van der Waals surface area (Å²) in [5.74, 6) is -5.78. The molecule has 162 valence electrons. The number of rotatable bonds is 0. The molecule has 0 aromatic rings. The lowest BCUT2D eigenvalue weighted by Gasteiger charge is -2.70. The molecule has 3 aliphatic carbocycles. The van der Waals surface area contributed by atoms with Gasteiger partial charge in [-0.05, 0) is 19.3 Å². The summed E-state index contributed by atoms with van der Waals surface area (Å²) < 4.78 is 11.3. The third kappa shape index (κ3) is 1.78. The Morgan fingerprint density at radius 1 is 1.14 bits per heavy atom. The summed E-state index contributed by atoms with van der Waals surface area (Å²) >= 11 is 0. The summed E-state index contributed by atoms with van der Waals surface area (Å²) in [5, 5.41) is 66.7. The highest BCUT2D eigenvalue weighted by molar-refractivity contribution is 5.78. The van der Waals surface area contributed by atoms with Crippen LogP contribution in [-0.4, -0.2) is 85.1 Å². The minimum Gasteiger partial charge on any atom is -0.460 e. The predicted molar refractivity (Wildman–Crippen MR) is 94.8 cm³/mol. The molecule has 29 heavy (non-hydrogen) atoms. The number of esters is 1. The van der Waals surface area contributed by atoms with Gasteiger partial charge in [0.05, 0.1) is 24.2 Å². The topological polar surface area (TPSA) is 157 Å². The zero-order valence-electron chi connectivity index (χ0n) is 16.5. The predicted octanol–water partition coefficient (Wildman–Crippen LogP) is -1.96. The van der Waals surface area contributed by atoms with Gasteiger partial charge in [0.15, 0.2) is 11.9 Å². The van der Waals surface area contributed by atoms with Gasteiger partial charge in [-0.15, -0.1) is 0 Å². The van der Waals surface area contributed by atoms with E-state index in [4.69, 9.17) is 9.47 Å². The van der Waals surface area contributed by atoms with Crippen molar-refractivity contribution in [3.8, 4) is 0 Å². The molecule has 9 nitrogen and oxygen atoms in total. The van der Waals surface area contributed by atoms with Crippen molar-refractivity contribution in [3.63, 3.8) is 0 Å². The van der Waals surface area contributed by atoms with Crippen LogP contribution < -0.4 is 0 Å². The smallest absolute Gasteiger partial charge is 0.338 e. The van der Waals surface area contributed by atoms with Gasteiger partial charge in [-0.2, -0.15) is 0 Å². The summed E-state index contributed by atoms with van der Waals surface area (Å²) in [4.78, 5) is 12.5. The molecule has 0 amide bonds. The first kappa shape index (κ1) is 19.9. The van der Waals surface area contributed by atoms with Crippen LogP contribution in [0.4, 0.5) is 0 Å². The number of hydrogen-bond donors (Lipinski definition) is 6. The van der Waals surface area contributed by atoms with E-state index in [0.29, 0.717) is 0 Å². The van der Waals surface area contributed by atoms with E-state index < -0.39 is 76.5 Å². The van der Waals surface area contributed by atoms with E-state index in [1.165, 1.54) is 13.0 Å². The molecule has 1 spiro atoms. The Balaban J connectivity index is 1.83. The third-order valence-electron chi connectivity index (χ3n) is 9.05. The highest BCUT2D eigenvalue weighted by Gasteiger charge is 2.87. The fourth-order valence-electron chi connectivity index (χ4n) is 7.75. The van der Waals surface area contributed by atoms with Crippen LogP contribution in [0.3, 0.4) is 0 Å². The number of ether oxygens (including phenoxy) is 2. The van der Waals surface area contributed by atoms with Crippen molar-refractivity contribution < 1.29 is 44.9 Å². The summed E-state index contributed by atoms with van der Waals surface area (Å²) in [5.41, 5.74) is -4.08. The van der Waals surface area contributed by atoms with Crippen molar-refractivity contribution >= 4 is 5.97 Å². The highest BCUT2D eigenvalue weighted by Crippen LogP contribution is 2.74. The lowest BCUT2D eigenvalue weighted by atomic mass is 9.36. The molecule has 0 radical (unpaired) electrons. The molecule has 2 aliphatic heterocycles.